The highest BCUT2D eigenvalue weighted by molar-refractivity contribution is 6.07. The number of para-hydroxylation sites is 1. The number of carbonyl (C=O) groups is 1. The van der Waals surface area contributed by atoms with Crippen molar-refractivity contribution >= 4 is 22.5 Å². The Morgan fingerprint density at radius 1 is 1.27 bits per heavy atom. The van der Waals surface area contributed by atoms with Crippen molar-refractivity contribution in [2.24, 2.45) is 0 Å². The number of aromatic amines is 1. The number of nitrogens with one attached hydrogen (secondary N) is 2. The zero-order valence-electron chi connectivity index (χ0n) is 11.8. The second kappa shape index (κ2) is 5.69. The highest BCUT2D eigenvalue weighted by atomic mass is 16.5. The van der Waals surface area contributed by atoms with Crippen LogP contribution in [-0.4, -0.2) is 23.0 Å². The molecule has 0 spiro atoms. The van der Waals surface area contributed by atoms with Gasteiger partial charge in [-0.15, -0.1) is 0 Å². The smallest absolute Gasteiger partial charge is 0.272 e. The molecule has 6 nitrogen and oxygen atoms in total. The minimum Gasteiger partial charge on any atom is -0.491 e. The van der Waals surface area contributed by atoms with Gasteiger partial charge in [-0.1, -0.05) is 18.2 Å². The lowest BCUT2D eigenvalue weighted by Gasteiger charge is -2.08. The molecule has 6 heteroatoms. The van der Waals surface area contributed by atoms with Crippen molar-refractivity contribution in [3.63, 3.8) is 0 Å². The molecule has 2 N–H and O–H groups in total. The number of hydrogen-bond donors (Lipinski definition) is 2. The number of carbonyl (C=O) groups excluding carboxylic acids is 1. The van der Waals surface area contributed by atoms with Crippen LogP contribution in [0.5, 0.6) is 5.75 Å². The van der Waals surface area contributed by atoms with Gasteiger partial charge >= 0.3 is 0 Å². The molecule has 1 aromatic carbocycles. The molecular formula is C16H13N3O3. The van der Waals surface area contributed by atoms with E-state index in [0.717, 1.165) is 5.39 Å². The Hall–Kier alpha value is -3.15. The van der Waals surface area contributed by atoms with Crippen LogP contribution in [0, 0.1) is 0 Å². The second-order valence-corrected chi connectivity index (χ2v) is 4.61. The molecule has 3 aromatic rings. The Morgan fingerprint density at radius 3 is 2.86 bits per heavy atom. The van der Waals surface area contributed by atoms with Crippen molar-refractivity contribution in [3.05, 3.63) is 64.7 Å². The third kappa shape index (κ3) is 2.54. The molecule has 2 aromatic heterocycles. The van der Waals surface area contributed by atoms with Crippen LogP contribution >= 0.6 is 0 Å². The third-order valence-electron chi connectivity index (χ3n) is 3.22. The third-order valence-corrected chi connectivity index (χ3v) is 3.22. The Kier molecular flexibility index (Phi) is 3.57. The lowest BCUT2D eigenvalue weighted by Crippen LogP contribution is -2.17. The number of H-pyrrole nitrogens is 1. The van der Waals surface area contributed by atoms with Gasteiger partial charge in [-0.05, 0) is 12.1 Å². The van der Waals surface area contributed by atoms with Crippen LogP contribution in [0.15, 0.2) is 53.6 Å². The van der Waals surface area contributed by atoms with Crippen LogP contribution in [0.2, 0.25) is 0 Å². The molecule has 0 atom stereocenters. The number of amides is 1. The number of aromatic nitrogens is 2. The summed E-state index contributed by atoms with van der Waals surface area (Å²) in [5.41, 5.74) is 1.06. The standard InChI is InChI=1S/C16H13N3O3/c1-22-14-9-18-12(8-13(14)20)16(21)19-11-6-2-4-10-5-3-7-17-15(10)11/h2-9H,1H3,(H,18,20)(H,19,21). The van der Waals surface area contributed by atoms with Crippen molar-refractivity contribution < 1.29 is 9.53 Å². The van der Waals surface area contributed by atoms with Crippen molar-refractivity contribution in [2.75, 3.05) is 12.4 Å². The van der Waals surface area contributed by atoms with Gasteiger partial charge in [0.05, 0.1) is 18.3 Å². The summed E-state index contributed by atoms with van der Waals surface area (Å²) in [5, 5.41) is 3.67. The fourth-order valence-electron chi connectivity index (χ4n) is 2.14. The normalized spacial score (nSPS) is 10.4. The van der Waals surface area contributed by atoms with Gasteiger partial charge in [0.15, 0.2) is 5.75 Å². The molecule has 0 aliphatic carbocycles. The first-order valence-corrected chi connectivity index (χ1v) is 6.61. The van der Waals surface area contributed by atoms with E-state index in [-0.39, 0.29) is 16.9 Å². The van der Waals surface area contributed by atoms with Crippen LogP contribution in [0.4, 0.5) is 5.69 Å². The minimum absolute atomic E-state index is 0.152. The number of anilines is 1. The fourth-order valence-corrected chi connectivity index (χ4v) is 2.14. The average Bonchev–Trinajstić information content (AvgIpc) is 2.55. The fraction of sp³-hybridized carbons (Fsp3) is 0.0625. The van der Waals surface area contributed by atoms with Gasteiger partial charge in [0.25, 0.3) is 5.91 Å². The summed E-state index contributed by atoms with van der Waals surface area (Å²) in [6.45, 7) is 0. The van der Waals surface area contributed by atoms with E-state index < -0.39 is 5.91 Å². The van der Waals surface area contributed by atoms with E-state index in [9.17, 15) is 9.59 Å². The molecule has 0 radical (unpaired) electrons. The summed E-state index contributed by atoms with van der Waals surface area (Å²) in [5.74, 6) is -0.263. The predicted molar refractivity (Wildman–Crippen MR) is 83.3 cm³/mol. The van der Waals surface area contributed by atoms with Gasteiger partial charge in [-0.3, -0.25) is 14.6 Å². The second-order valence-electron chi connectivity index (χ2n) is 4.61. The van der Waals surface area contributed by atoms with Crippen molar-refractivity contribution in [1.29, 1.82) is 0 Å². The number of pyridine rings is 2. The van der Waals surface area contributed by atoms with Gasteiger partial charge < -0.3 is 15.0 Å². The van der Waals surface area contributed by atoms with E-state index in [1.807, 2.05) is 24.3 Å². The summed E-state index contributed by atoms with van der Waals surface area (Å²) in [4.78, 5) is 31.0. The molecule has 0 aliphatic heterocycles. The molecule has 22 heavy (non-hydrogen) atoms. The maximum Gasteiger partial charge on any atom is 0.272 e. The van der Waals surface area contributed by atoms with Crippen LogP contribution < -0.4 is 15.5 Å². The minimum atomic E-state index is -0.419. The Morgan fingerprint density at radius 2 is 2.09 bits per heavy atom. The van der Waals surface area contributed by atoms with E-state index in [4.69, 9.17) is 4.74 Å². The molecule has 2 heterocycles. The first-order chi connectivity index (χ1) is 10.7. The average molecular weight is 295 g/mol. The lowest BCUT2D eigenvalue weighted by atomic mass is 10.2. The van der Waals surface area contributed by atoms with Crippen LogP contribution in [0.1, 0.15) is 10.5 Å². The molecule has 0 saturated heterocycles. The zero-order valence-corrected chi connectivity index (χ0v) is 11.8. The predicted octanol–water partition coefficient (Wildman–Crippen LogP) is 2.18. The molecule has 110 valence electrons. The van der Waals surface area contributed by atoms with E-state index >= 15 is 0 Å². The summed E-state index contributed by atoms with van der Waals surface area (Å²) in [7, 11) is 1.39. The summed E-state index contributed by atoms with van der Waals surface area (Å²) < 4.78 is 4.87. The highest BCUT2D eigenvalue weighted by Crippen LogP contribution is 2.21. The van der Waals surface area contributed by atoms with Crippen molar-refractivity contribution in [2.45, 2.75) is 0 Å². The monoisotopic (exact) mass is 295 g/mol. The maximum atomic E-state index is 12.3. The van der Waals surface area contributed by atoms with E-state index in [1.54, 1.807) is 12.3 Å². The number of fused-ring (bicyclic) bond motifs is 1. The van der Waals surface area contributed by atoms with E-state index in [0.29, 0.717) is 11.2 Å². The summed E-state index contributed by atoms with van der Waals surface area (Å²) >= 11 is 0. The van der Waals surface area contributed by atoms with Crippen molar-refractivity contribution in [1.82, 2.24) is 9.97 Å². The maximum absolute atomic E-state index is 12.3. The van der Waals surface area contributed by atoms with Crippen LogP contribution in [0.3, 0.4) is 0 Å². The van der Waals surface area contributed by atoms with Crippen molar-refractivity contribution in [3.8, 4) is 5.75 Å². The number of nitrogens with zero attached hydrogens (tertiary/aromatic N) is 1. The number of rotatable bonds is 3. The summed E-state index contributed by atoms with van der Waals surface area (Å²) in [6, 6.07) is 10.4. The topological polar surface area (TPSA) is 84.1 Å². The molecule has 3 rings (SSSR count). The first kappa shape index (κ1) is 13.8. The molecule has 0 bridgehead atoms. The Bertz CT molecular complexity index is 897. The molecule has 0 fully saturated rings. The lowest BCUT2D eigenvalue weighted by molar-refractivity contribution is 0.102. The molecule has 0 saturated carbocycles. The Balaban J connectivity index is 1.93. The van der Waals surface area contributed by atoms with Crippen LogP contribution in [-0.2, 0) is 0 Å². The van der Waals surface area contributed by atoms with Gasteiger partial charge in [-0.2, -0.15) is 0 Å². The molecule has 1 amide bonds. The highest BCUT2D eigenvalue weighted by Gasteiger charge is 2.11. The van der Waals surface area contributed by atoms with E-state index in [1.165, 1.54) is 19.4 Å². The first-order valence-electron chi connectivity index (χ1n) is 6.61. The van der Waals surface area contributed by atoms with Crippen LogP contribution in [0.25, 0.3) is 10.9 Å². The van der Waals surface area contributed by atoms with Gasteiger partial charge in [0.1, 0.15) is 5.69 Å². The van der Waals surface area contributed by atoms with Gasteiger partial charge in [0, 0.05) is 23.8 Å². The Labute approximate surface area is 125 Å². The molecular weight excluding hydrogens is 282 g/mol. The number of hydrogen-bond acceptors (Lipinski definition) is 4. The quantitative estimate of drug-likeness (QED) is 0.775. The molecule has 0 unspecified atom stereocenters. The number of benzene rings is 1. The van der Waals surface area contributed by atoms with E-state index in [2.05, 4.69) is 15.3 Å². The number of ether oxygens (including phenoxy) is 1. The van der Waals surface area contributed by atoms with Gasteiger partial charge in [-0.25, -0.2) is 0 Å². The largest absolute Gasteiger partial charge is 0.491 e. The SMILES string of the molecule is COc1c[nH]c(C(=O)Nc2cccc3cccnc23)cc1=O. The molecule has 0 aliphatic rings. The zero-order chi connectivity index (χ0) is 15.5. The number of methoxy groups -OCH3 is 1. The summed E-state index contributed by atoms with van der Waals surface area (Å²) in [6.07, 6.45) is 3.02. The van der Waals surface area contributed by atoms with Gasteiger partial charge in [0.2, 0.25) is 5.43 Å².